The Morgan fingerprint density at radius 3 is 1.98 bits per heavy atom. The van der Waals surface area contributed by atoms with Crippen LogP contribution < -0.4 is 0 Å². The molecule has 2 aromatic heterocycles. The maximum Gasteiger partial charge on any atom is 0.183 e. The fourth-order valence-corrected chi connectivity index (χ4v) is 4.81. The summed E-state index contributed by atoms with van der Waals surface area (Å²) in [6.45, 7) is 3.38. The summed E-state index contributed by atoms with van der Waals surface area (Å²) in [5, 5.41) is 17.3. The molecule has 0 saturated carbocycles. The number of piperidine rings is 1. The largest absolute Gasteiger partial charge is 0.396 e. The van der Waals surface area contributed by atoms with Gasteiger partial charge in [0.2, 0.25) is 0 Å². The molecule has 1 N–H and O–H groups in total. The van der Waals surface area contributed by atoms with E-state index in [4.69, 9.17) is 9.84 Å². The topological polar surface area (TPSA) is 75.8 Å². The molecule has 0 unspecified atom stereocenters. The Kier molecular flexibility index (Phi) is 11.2. The number of nitrogens with zero attached hydrogens (tertiary/aromatic N) is 5. The van der Waals surface area contributed by atoms with Crippen LogP contribution >= 0.6 is 12.4 Å². The fourth-order valence-electron chi connectivity index (χ4n) is 4.81. The van der Waals surface area contributed by atoms with Crippen LogP contribution in [-0.2, 0) is 4.74 Å². The van der Waals surface area contributed by atoms with Gasteiger partial charge >= 0.3 is 0 Å². The molecule has 8 heteroatoms. The van der Waals surface area contributed by atoms with Crippen LogP contribution in [0, 0.1) is 0 Å². The summed E-state index contributed by atoms with van der Waals surface area (Å²) in [6, 6.07) is 34.6. The minimum absolute atomic E-state index is 0. The van der Waals surface area contributed by atoms with Gasteiger partial charge in [-0.05, 0) is 42.5 Å². The average molecular weight is 558 g/mol. The van der Waals surface area contributed by atoms with Crippen LogP contribution in [0.1, 0.15) is 36.5 Å². The molecule has 1 aliphatic heterocycles. The standard InChI is InChI=1S/C21H27NO2.C11H8N4.ClH/c23-17-7-14-22-15-12-20(13-16-22)24-21(18-8-3-1-4-9-18)19-10-5-2-6-11-19;1-2-5-9(6-3-1)11-13-10-7-4-8-12-15(10)14-11;/h1-6,8-11,20-21,23H,7,12-17H2;1-8H;1H. The molecule has 40 heavy (non-hydrogen) atoms. The van der Waals surface area contributed by atoms with Crippen LogP contribution in [0.3, 0.4) is 0 Å². The highest BCUT2D eigenvalue weighted by molar-refractivity contribution is 5.85. The molecular formula is C32H36ClN5O2. The maximum absolute atomic E-state index is 8.97. The van der Waals surface area contributed by atoms with Gasteiger partial charge in [-0.15, -0.1) is 22.1 Å². The van der Waals surface area contributed by atoms with Crippen LogP contribution in [0.25, 0.3) is 17.0 Å². The first-order valence-electron chi connectivity index (χ1n) is 13.6. The lowest BCUT2D eigenvalue weighted by atomic mass is 10.00. The zero-order valence-corrected chi connectivity index (χ0v) is 23.3. The summed E-state index contributed by atoms with van der Waals surface area (Å²) in [5.41, 5.74) is 4.19. The maximum atomic E-state index is 8.97. The number of aliphatic hydroxyl groups excluding tert-OH is 1. The molecule has 208 valence electrons. The van der Waals surface area contributed by atoms with Crippen molar-refractivity contribution in [1.82, 2.24) is 24.7 Å². The third kappa shape index (κ3) is 7.96. The Hall–Kier alpha value is -3.62. The SMILES string of the molecule is Cl.OCCCN1CCC(OC(c2ccccc2)c2ccccc2)CC1.c1ccc(-c2nc3cccnn3n2)cc1. The molecule has 0 amide bonds. The predicted octanol–water partition coefficient (Wildman–Crippen LogP) is 5.85. The Labute approximate surface area is 241 Å². The van der Waals surface area contributed by atoms with Crippen molar-refractivity contribution in [2.75, 3.05) is 26.2 Å². The average Bonchev–Trinajstić information content (AvgIpc) is 3.46. The van der Waals surface area contributed by atoms with Gasteiger partial charge in [0.25, 0.3) is 0 Å². The molecule has 0 aliphatic carbocycles. The molecule has 0 bridgehead atoms. The van der Waals surface area contributed by atoms with E-state index in [1.165, 1.54) is 15.8 Å². The quantitative estimate of drug-likeness (QED) is 0.258. The van der Waals surface area contributed by atoms with Crippen LogP contribution in [0.5, 0.6) is 0 Å². The van der Waals surface area contributed by atoms with Crippen molar-refractivity contribution in [1.29, 1.82) is 0 Å². The summed E-state index contributed by atoms with van der Waals surface area (Å²) >= 11 is 0. The van der Waals surface area contributed by atoms with Crippen LogP contribution in [-0.4, -0.2) is 62.2 Å². The van der Waals surface area contributed by atoms with Crippen LogP contribution in [0.2, 0.25) is 0 Å². The highest BCUT2D eigenvalue weighted by Crippen LogP contribution is 2.30. The van der Waals surface area contributed by atoms with Gasteiger partial charge in [0.15, 0.2) is 11.5 Å². The van der Waals surface area contributed by atoms with E-state index in [1.807, 2.05) is 54.6 Å². The molecule has 0 spiro atoms. The number of fused-ring (bicyclic) bond motifs is 1. The van der Waals surface area contributed by atoms with E-state index in [9.17, 15) is 0 Å². The molecule has 3 heterocycles. The van der Waals surface area contributed by atoms with Crippen molar-refractivity contribution in [2.24, 2.45) is 0 Å². The Balaban J connectivity index is 0.000000198. The molecule has 0 atom stereocenters. The van der Waals surface area contributed by atoms with Crippen molar-refractivity contribution in [2.45, 2.75) is 31.5 Å². The zero-order valence-electron chi connectivity index (χ0n) is 22.5. The van der Waals surface area contributed by atoms with E-state index >= 15 is 0 Å². The van der Waals surface area contributed by atoms with Crippen molar-refractivity contribution < 1.29 is 9.84 Å². The van der Waals surface area contributed by atoms with E-state index < -0.39 is 0 Å². The molecule has 0 radical (unpaired) electrons. The summed E-state index contributed by atoms with van der Waals surface area (Å²) in [6.07, 6.45) is 4.96. The Morgan fingerprint density at radius 2 is 1.40 bits per heavy atom. The minimum atomic E-state index is 0. The van der Waals surface area contributed by atoms with Crippen LogP contribution in [0.15, 0.2) is 109 Å². The van der Waals surface area contributed by atoms with Gasteiger partial charge in [0, 0.05) is 38.0 Å². The third-order valence-electron chi connectivity index (χ3n) is 6.85. The number of rotatable bonds is 8. The number of benzene rings is 3. The summed E-state index contributed by atoms with van der Waals surface area (Å²) in [4.78, 5) is 6.80. The highest BCUT2D eigenvalue weighted by atomic mass is 35.5. The van der Waals surface area contributed by atoms with E-state index in [-0.39, 0.29) is 25.1 Å². The van der Waals surface area contributed by atoms with Gasteiger partial charge in [0.1, 0.15) is 6.10 Å². The van der Waals surface area contributed by atoms with Gasteiger partial charge in [-0.3, -0.25) is 0 Å². The van der Waals surface area contributed by atoms with Crippen molar-refractivity contribution in [3.63, 3.8) is 0 Å². The molecule has 1 aliphatic rings. The second-order valence-corrected chi connectivity index (χ2v) is 9.63. The number of aliphatic hydroxyl groups is 1. The first-order chi connectivity index (χ1) is 19.3. The number of hydrogen-bond donors (Lipinski definition) is 1. The Morgan fingerprint density at radius 1 is 0.800 bits per heavy atom. The van der Waals surface area contributed by atoms with Crippen molar-refractivity contribution >= 4 is 18.1 Å². The van der Waals surface area contributed by atoms with E-state index in [2.05, 4.69) is 68.6 Å². The van der Waals surface area contributed by atoms with Gasteiger partial charge < -0.3 is 14.7 Å². The predicted molar refractivity (Wildman–Crippen MR) is 160 cm³/mol. The van der Waals surface area contributed by atoms with E-state index in [0.717, 1.165) is 50.1 Å². The number of aromatic nitrogens is 4. The van der Waals surface area contributed by atoms with Crippen molar-refractivity contribution in [3.05, 3.63) is 120 Å². The molecule has 1 fully saturated rings. The number of likely N-dealkylation sites (tertiary alicyclic amines) is 1. The first-order valence-corrected chi connectivity index (χ1v) is 13.6. The molecule has 6 rings (SSSR count). The normalized spacial score (nSPS) is 13.9. The van der Waals surface area contributed by atoms with E-state index in [0.29, 0.717) is 11.9 Å². The lowest BCUT2D eigenvalue weighted by Gasteiger charge is -2.34. The second-order valence-electron chi connectivity index (χ2n) is 9.63. The van der Waals surface area contributed by atoms with Gasteiger partial charge in [-0.1, -0.05) is 91.0 Å². The monoisotopic (exact) mass is 557 g/mol. The Bertz CT molecular complexity index is 1320. The summed E-state index contributed by atoms with van der Waals surface area (Å²) in [7, 11) is 0. The minimum Gasteiger partial charge on any atom is -0.396 e. The number of hydrogen-bond acceptors (Lipinski definition) is 6. The molecular weight excluding hydrogens is 522 g/mol. The molecule has 7 nitrogen and oxygen atoms in total. The van der Waals surface area contributed by atoms with Gasteiger partial charge in [0.05, 0.1) is 6.10 Å². The molecule has 5 aromatic rings. The lowest BCUT2D eigenvalue weighted by Crippen LogP contribution is -2.38. The van der Waals surface area contributed by atoms with Gasteiger partial charge in [-0.2, -0.15) is 5.10 Å². The van der Waals surface area contributed by atoms with Crippen LogP contribution in [0.4, 0.5) is 0 Å². The lowest BCUT2D eigenvalue weighted by molar-refractivity contribution is -0.0274. The third-order valence-corrected chi connectivity index (χ3v) is 6.85. The first kappa shape index (κ1) is 29.4. The number of ether oxygens (including phenoxy) is 1. The fraction of sp³-hybridized carbons (Fsp3) is 0.281. The summed E-state index contributed by atoms with van der Waals surface area (Å²) < 4.78 is 8.07. The second kappa shape index (κ2) is 15.2. The zero-order chi connectivity index (χ0) is 26.7. The van der Waals surface area contributed by atoms with E-state index in [1.54, 1.807) is 6.20 Å². The summed E-state index contributed by atoms with van der Waals surface area (Å²) in [5.74, 6) is 0.703. The van der Waals surface area contributed by atoms with Crippen molar-refractivity contribution in [3.8, 4) is 11.4 Å². The number of halogens is 1. The molecule has 1 saturated heterocycles. The highest BCUT2D eigenvalue weighted by Gasteiger charge is 2.24. The van der Waals surface area contributed by atoms with Gasteiger partial charge in [-0.25, -0.2) is 4.98 Å². The smallest absolute Gasteiger partial charge is 0.183 e. The molecule has 3 aromatic carbocycles.